The van der Waals surface area contributed by atoms with Crippen LogP contribution in [0.4, 0.5) is 15.8 Å². The Kier molecular flexibility index (Phi) is 4.90. The highest BCUT2D eigenvalue weighted by Gasteiger charge is 2.17. The summed E-state index contributed by atoms with van der Waals surface area (Å²) in [6.45, 7) is 2.37. The molecular weight excluding hydrogens is 247 g/mol. The number of nitrogens with zero attached hydrogens (tertiary/aromatic N) is 1. The van der Waals surface area contributed by atoms with Gasteiger partial charge < -0.3 is 5.32 Å². The van der Waals surface area contributed by atoms with Gasteiger partial charge >= 0.3 is 0 Å². The maximum Gasteiger partial charge on any atom is 0.294 e. The molecule has 1 N–H and O–H groups in total. The van der Waals surface area contributed by atoms with E-state index < -0.39 is 10.7 Å². The number of nitrogens with one attached hydrogen (secondary N) is 1. The fourth-order valence-electron chi connectivity index (χ4n) is 1.29. The Morgan fingerprint density at radius 1 is 1.59 bits per heavy atom. The number of anilines is 1. The minimum Gasteiger partial charge on any atom is -0.379 e. The van der Waals surface area contributed by atoms with Crippen LogP contribution in [0.15, 0.2) is 24.3 Å². The molecule has 92 valence electrons. The molecule has 0 spiro atoms. The molecule has 0 aromatic heterocycles. The van der Waals surface area contributed by atoms with E-state index in [0.717, 1.165) is 12.1 Å². The lowest BCUT2D eigenvalue weighted by atomic mass is 10.2. The Bertz CT molecular complexity index is 449. The second-order valence-corrected chi connectivity index (χ2v) is 3.73. The van der Waals surface area contributed by atoms with E-state index >= 15 is 0 Å². The highest BCUT2D eigenvalue weighted by atomic mass is 35.5. The number of hydrogen-bond donors (Lipinski definition) is 1. The van der Waals surface area contributed by atoms with Crippen LogP contribution in [-0.4, -0.2) is 11.5 Å². The highest BCUT2D eigenvalue weighted by molar-refractivity contribution is 6.31. The maximum atomic E-state index is 13.2. The number of halogens is 2. The summed E-state index contributed by atoms with van der Waals surface area (Å²) in [5.41, 5.74) is -0.0849. The van der Waals surface area contributed by atoms with E-state index in [1.807, 2.05) is 19.1 Å². The first-order valence-electron chi connectivity index (χ1n) is 5.04. The zero-order chi connectivity index (χ0) is 12.8. The normalized spacial score (nSPS) is 10.8. The van der Waals surface area contributed by atoms with Crippen molar-refractivity contribution in [2.45, 2.75) is 13.3 Å². The van der Waals surface area contributed by atoms with Gasteiger partial charge in [0.1, 0.15) is 11.5 Å². The molecule has 17 heavy (non-hydrogen) atoms. The Morgan fingerprint density at radius 3 is 2.88 bits per heavy atom. The van der Waals surface area contributed by atoms with Crippen LogP contribution >= 0.6 is 11.6 Å². The average molecular weight is 259 g/mol. The quantitative estimate of drug-likeness (QED) is 0.379. The maximum absolute atomic E-state index is 13.2. The number of nitro benzene ring substituents is 1. The number of rotatable bonds is 5. The van der Waals surface area contributed by atoms with E-state index in [-0.39, 0.29) is 16.4 Å². The molecule has 0 saturated heterocycles. The van der Waals surface area contributed by atoms with Gasteiger partial charge in [-0.05, 0) is 13.3 Å². The molecule has 0 aliphatic rings. The lowest BCUT2D eigenvalue weighted by Gasteiger charge is -2.06. The van der Waals surface area contributed by atoms with Crippen molar-refractivity contribution in [3.63, 3.8) is 0 Å². The first-order valence-corrected chi connectivity index (χ1v) is 5.42. The molecule has 0 aliphatic carbocycles. The molecule has 1 aromatic carbocycles. The molecule has 6 heteroatoms. The van der Waals surface area contributed by atoms with Gasteiger partial charge in [-0.2, -0.15) is 0 Å². The molecule has 0 atom stereocenters. The minimum atomic E-state index is -0.675. The molecular formula is C11H12ClFN2O2. The molecule has 0 aliphatic heterocycles. The summed E-state index contributed by atoms with van der Waals surface area (Å²) in [4.78, 5) is 10.2. The van der Waals surface area contributed by atoms with E-state index in [4.69, 9.17) is 11.6 Å². The van der Waals surface area contributed by atoms with E-state index in [1.165, 1.54) is 0 Å². The Morgan fingerprint density at radius 2 is 2.29 bits per heavy atom. The van der Waals surface area contributed by atoms with Crippen molar-refractivity contribution in [1.82, 2.24) is 0 Å². The molecule has 0 fully saturated rings. The van der Waals surface area contributed by atoms with E-state index in [9.17, 15) is 14.5 Å². The summed E-state index contributed by atoms with van der Waals surface area (Å²) >= 11 is 5.50. The SMILES string of the molecule is C/C=C/CCNc1cc(F)c(Cl)cc1[N+](=O)[O-]. The van der Waals surface area contributed by atoms with E-state index in [1.54, 1.807) is 0 Å². The average Bonchev–Trinajstić information content (AvgIpc) is 2.28. The lowest BCUT2D eigenvalue weighted by molar-refractivity contribution is -0.384. The third-order valence-electron chi connectivity index (χ3n) is 2.10. The standard InChI is InChI=1S/C11H12ClFN2O2/c1-2-3-4-5-14-10-7-9(13)8(12)6-11(10)15(16)17/h2-3,6-7,14H,4-5H2,1H3/b3-2+. The Labute approximate surface area is 103 Å². The molecule has 0 bridgehead atoms. The topological polar surface area (TPSA) is 55.2 Å². The highest BCUT2D eigenvalue weighted by Crippen LogP contribution is 2.30. The number of nitro groups is 1. The summed E-state index contributed by atoms with van der Waals surface area (Å²) in [5, 5.41) is 13.3. The third-order valence-corrected chi connectivity index (χ3v) is 2.39. The second kappa shape index (κ2) is 6.20. The molecule has 4 nitrogen and oxygen atoms in total. The van der Waals surface area contributed by atoms with Crippen molar-refractivity contribution in [2.75, 3.05) is 11.9 Å². The zero-order valence-electron chi connectivity index (χ0n) is 9.24. The van der Waals surface area contributed by atoms with Crippen LogP contribution < -0.4 is 5.32 Å². The monoisotopic (exact) mass is 258 g/mol. The second-order valence-electron chi connectivity index (χ2n) is 3.33. The molecule has 0 unspecified atom stereocenters. The van der Waals surface area contributed by atoms with Gasteiger partial charge in [0.15, 0.2) is 0 Å². The van der Waals surface area contributed by atoms with Crippen molar-refractivity contribution in [3.8, 4) is 0 Å². The fraction of sp³-hybridized carbons (Fsp3) is 0.273. The number of benzene rings is 1. The van der Waals surface area contributed by atoms with Crippen LogP contribution in [0, 0.1) is 15.9 Å². The third kappa shape index (κ3) is 3.71. The molecule has 0 radical (unpaired) electrons. The van der Waals surface area contributed by atoms with Gasteiger partial charge in [-0.15, -0.1) is 0 Å². The smallest absolute Gasteiger partial charge is 0.294 e. The van der Waals surface area contributed by atoms with Crippen LogP contribution in [-0.2, 0) is 0 Å². The van der Waals surface area contributed by atoms with Gasteiger partial charge in [-0.1, -0.05) is 23.8 Å². The molecule has 0 saturated carbocycles. The summed E-state index contributed by atoms with van der Waals surface area (Å²) in [6.07, 6.45) is 4.49. The van der Waals surface area contributed by atoms with Gasteiger partial charge in [-0.25, -0.2) is 4.39 Å². The van der Waals surface area contributed by atoms with Crippen molar-refractivity contribution in [3.05, 3.63) is 45.2 Å². The minimum absolute atomic E-state index is 0.140. The number of allylic oxidation sites excluding steroid dienone is 1. The van der Waals surface area contributed by atoms with Crippen molar-refractivity contribution in [1.29, 1.82) is 0 Å². The van der Waals surface area contributed by atoms with Gasteiger partial charge in [0.2, 0.25) is 0 Å². The summed E-state index contributed by atoms with van der Waals surface area (Å²) in [5.74, 6) is -0.675. The Hall–Kier alpha value is -1.62. The van der Waals surface area contributed by atoms with E-state index in [0.29, 0.717) is 13.0 Å². The van der Waals surface area contributed by atoms with Crippen LogP contribution in [0.1, 0.15) is 13.3 Å². The van der Waals surface area contributed by atoms with Crippen LogP contribution in [0.2, 0.25) is 5.02 Å². The van der Waals surface area contributed by atoms with Crippen LogP contribution in [0.3, 0.4) is 0 Å². The zero-order valence-corrected chi connectivity index (χ0v) is 10.00. The van der Waals surface area contributed by atoms with Crippen LogP contribution in [0.5, 0.6) is 0 Å². The van der Waals surface area contributed by atoms with Crippen molar-refractivity contribution >= 4 is 23.0 Å². The molecule has 1 aromatic rings. The van der Waals surface area contributed by atoms with Gasteiger partial charge in [0.25, 0.3) is 5.69 Å². The predicted octanol–water partition coefficient (Wildman–Crippen LogP) is 3.77. The van der Waals surface area contributed by atoms with Crippen molar-refractivity contribution in [2.24, 2.45) is 0 Å². The van der Waals surface area contributed by atoms with Gasteiger partial charge in [0.05, 0.1) is 9.95 Å². The fourth-order valence-corrected chi connectivity index (χ4v) is 1.44. The predicted molar refractivity (Wildman–Crippen MR) is 66.0 cm³/mol. The summed E-state index contributed by atoms with van der Waals surface area (Å²) in [7, 11) is 0. The molecule has 0 heterocycles. The number of hydrogen-bond acceptors (Lipinski definition) is 3. The first-order chi connectivity index (χ1) is 8.06. The first kappa shape index (κ1) is 13.4. The summed E-state index contributed by atoms with van der Waals surface area (Å²) in [6, 6.07) is 2.05. The van der Waals surface area contributed by atoms with E-state index in [2.05, 4.69) is 5.32 Å². The summed E-state index contributed by atoms with van der Waals surface area (Å²) < 4.78 is 13.2. The van der Waals surface area contributed by atoms with Crippen molar-refractivity contribution < 1.29 is 9.31 Å². The van der Waals surface area contributed by atoms with Crippen LogP contribution in [0.25, 0.3) is 0 Å². The Balaban J connectivity index is 2.88. The van der Waals surface area contributed by atoms with Gasteiger partial charge in [-0.3, -0.25) is 10.1 Å². The largest absolute Gasteiger partial charge is 0.379 e. The molecule has 0 amide bonds. The molecule has 1 rings (SSSR count). The van der Waals surface area contributed by atoms with Gasteiger partial charge in [0, 0.05) is 18.7 Å². The lowest BCUT2D eigenvalue weighted by Crippen LogP contribution is -2.04.